The highest BCUT2D eigenvalue weighted by molar-refractivity contribution is 4.72. The van der Waals surface area contributed by atoms with E-state index < -0.39 is 0 Å². The molecule has 54 valence electrons. The molecule has 0 rings (SSSR count). The van der Waals surface area contributed by atoms with Crippen molar-refractivity contribution in [3.63, 3.8) is 0 Å². The van der Waals surface area contributed by atoms with Gasteiger partial charge in [-0.2, -0.15) is 0 Å². The summed E-state index contributed by atoms with van der Waals surface area (Å²) in [5.74, 6) is 0.571. The third kappa shape index (κ3) is 5.37. The number of nitrogens with two attached hydrogens (primary N) is 1. The lowest BCUT2D eigenvalue weighted by atomic mass is 10.1. The summed E-state index contributed by atoms with van der Waals surface area (Å²) in [6.45, 7) is 2.84. The highest BCUT2D eigenvalue weighted by Gasteiger charge is 1.94. The molecular weight excluding hydrogens is 114 g/mol. The van der Waals surface area contributed by atoms with Crippen LogP contribution in [0.1, 0.15) is 19.8 Å². The molecule has 0 aromatic heterocycles. The number of hydrogen-bond acceptors (Lipinski definition) is 2. The summed E-state index contributed by atoms with van der Waals surface area (Å²) in [7, 11) is 0. The van der Waals surface area contributed by atoms with Gasteiger partial charge in [-0.3, -0.25) is 0 Å². The SMILES string of the molecule is CC(CN)CC/C=C\O. The van der Waals surface area contributed by atoms with Gasteiger partial charge in [-0.1, -0.05) is 13.0 Å². The molecule has 0 aromatic carbocycles. The zero-order valence-electron chi connectivity index (χ0n) is 5.88. The van der Waals surface area contributed by atoms with Gasteiger partial charge in [0.1, 0.15) is 0 Å². The highest BCUT2D eigenvalue weighted by Crippen LogP contribution is 2.02. The van der Waals surface area contributed by atoms with Gasteiger partial charge in [0, 0.05) is 0 Å². The molecule has 0 aliphatic heterocycles. The first-order valence-corrected chi connectivity index (χ1v) is 3.30. The molecule has 0 radical (unpaired) electrons. The fourth-order valence-electron chi connectivity index (χ4n) is 0.573. The van der Waals surface area contributed by atoms with Crippen molar-refractivity contribution < 1.29 is 5.11 Å². The summed E-state index contributed by atoms with van der Waals surface area (Å²) in [6, 6.07) is 0. The van der Waals surface area contributed by atoms with E-state index in [1.807, 2.05) is 0 Å². The van der Waals surface area contributed by atoms with E-state index in [-0.39, 0.29) is 0 Å². The van der Waals surface area contributed by atoms with Crippen LogP contribution in [0.5, 0.6) is 0 Å². The van der Waals surface area contributed by atoms with E-state index in [9.17, 15) is 0 Å². The summed E-state index contributed by atoms with van der Waals surface area (Å²) in [4.78, 5) is 0. The van der Waals surface area contributed by atoms with Crippen molar-refractivity contribution in [3.05, 3.63) is 12.3 Å². The van der Waals surface area contributed by atoms with E-state index in [1.165, 1.54) is 0 Å². The minimum Gasteiger partial charge on any atom is -0.516 e. The largest absolute Gasteiger partial charge is 0.516 e. The van der Waals surface area contributed by atoms with Gasteiger partial charge in [-0.25, -0.2) is 0 Å². The molecule has 0 fully saturated rings. The van der Waals surface area contributed by atoms with Crippen molar-refractivity contribution in [1.82, 2.24) is 0 Å². The molecule has 0 spiro atoms. The Morgan fingerprint density at radius 1 is 1.67 bits per heavy atom. The number of aliphatic hydroxyl groups excluding tert-OH is 1. The van der Waals surface area contributed by atoms with E-state index >= 15 is 0 Å². The number of allylic oxidation sites excluding steroid dienone is 1. The Kier molecular flexibility index (Phi) is 5.32. The Morgan fingerprint density at radius 3 is 2.78 bits per heavy atom. The average Bonchev–Trinajstić information content (AvgIpc) is 1.89. The van der Waals surface area contributed by atoms with Gasteiger partial charge in [0.2, 0.25) is 0 Å². The molecule has 3 N–H and O–H groups in total. The van der Waals surface area contributed by atoms with Gasteiger partial charge in [-0.05, 0) is 25.3 Å². The first kappa shape index (κ1) is 8.50. The van der Waals surface area contributed by atoms with E-state index in [2.05, 4.69) is 6.92 Å². The van der Waals surface area contributed by atoms with Crippen LogP contribution in [0.4, 0.5) is 0 Å². The van der Waals surface area contributed by atoms with Crippen molar-refractivity contribution in [1.29, 1.82) is 0 Å². The van der Waals surface area contributed by atoms with Crippen molar-refractivity contribution >= 4 is 0 Å². The predicted molar refractivity (Wildman–Crippen MR) is 39.2 cm³/mol. The second-order valence-corrected chi connectivity index (χ2v) is 2.30. The molecule has 9 heavy (non-hydrogen) atoms. The lowest BCUT2D eigenvalue weighted by Gasteiger charge is -2.03. The minimum atomic E-state index is 0.571. The van der Waals surface area contributed by atoms with Gasteiger partial charge in [0.05, 0.1) is 6.26 Å². The predicted octanol–water partition coefficient (Wildman–Crippen LogP) is 1.43. The third-order valence-electron chi connectivity index (χ3n) is 1.33. The maximum atomic E-state index is 8.24. The van der Waals surface area contributed by atoms with Gasteiger partial charge < -0.3 is 10.8 Å². The van der Waals surface area contributed by atoms with Gasteiger partial charge in [-0.15, -0.1) is 0 Å². The molecule has 0 heterocycles. The van der Waals surface area contributed by atoms with Gasteiger partial charge in [0.15, 0.2) is 0 Å². The highest BCUT2D eigenvalue weighted by atomic mass is 16.2. The molecule has 1 atom stereocenters. The lowest BCUT2D eigenvalue weighted by Crippen LogP contribution is -2.09. The van der Waals surface area contributed by atoms with Crippen LogP contribution in [0.15, 0.2) is 12.3 Å². The lowest BCUT2D eigenvalue weighted by molar-refractivity contribution is 0.466. The van der Waals surface area contributed by atoms with Crippen LogP contribution in [0.3, 0.4) is 0 Å². The molecule has 0 aromatic rings. The van der Waals surface area contributed by atoms with Crippen molar-refractivity contribution in [3.8, 4) is 0 Å². The molecule has 1 unspecified atom stereocenters. The molecule has 2 nitrogen and oxygen atoms in total. The van der Waals surface area contributed by atoms with Crippen LogP contribution in [0.25, 0.3) is 0 Å². The van der Waals surface area contributed by atoms with Gasteiger partial charge in [0.25, 0.3) is 0 Å². The summed E-state index contributed by atoms with van der Waals surface area (Å²) in [6.07, 6.45) is 4.82. The quantitative estimate of drug-likeness (QED) is 0.564. The van der Waals surface area contributed by atoms with Crippen LogP contribution < -0.4 is 5.73 Å². The molecule has 2 heteroatoms. The summed E-state index contributed by atoms with van der Waals surface area (Å²) >= 11 is 0. The molecule has 0 amide bonds. The summed E-state index contributed by atoms with van der Waals surface area (Å²) in [5.41, 5.74) is 5.37. The molecule has 0 saturated carbocycles. The second-order valence-electron chi connectivity index (χ2n) is 2.30. The Balaban J connectivity index is 3.06. The van der Waals surface area contributed by atoms with Crippen LogP contribution in [-0.4, -0.2) is 11.7 Å². The van der Waals surface area contributed by atoms with E-state index in [0.717, 1.165) is 25.6 Å². The first-order valence-electron chi connectivity index (χ1n) is 3.30. The Hall–Kier alpha value is -0.500. The van der Waals surface area contributed by atoms with Crippen molar-refractivity contribution in [2.45, 2.75) is 19.8 Å². The second kappa shape index (κ2) is 5.63. The van der Waals surface area contributed by atoms with E-state index in [4.69, 9.17) is 10.8 Å². The Labute approximate surface area is 56.4 Å². The maximum Gasteiger partial charge on any atom is 0.0751 e. The average molecular weight is 129 g/mol. The summed E-state index contributed by atoms with van der Waals surface area (Å²) < 4.78 is 0. The molecular formula is C7H15NO. The number of aliphatic hydroxyl groups is 1. The topological polar surface area (TPSA) is 46.2 Å². The van der Waals surface area contributed by atoms with Gasteiger partial charge >= 0.3 is 0 Å². The van der Waals surface area contributed by atoms with Crippen LogP contribution in [-0.2, 0) is 0 Å². The van der Waals surface area contributed by atoms with E-state index in [0.29, 0.717) is 5.92 Å². The standard InChI is InChI=1S/C7H15NO/c1-7(6-8)4-2-3-5-9/h3,5,7,9H,2,4,6,8H2,1H3/b5-3-. The van der Waals surface area contributed by atoms with Crippen LogP contribution >= 0.6 is 0 Å². The zero-order chi connectivity index (χ0) is 7.11. The summed E-state index contributed by atoms with van der Waals surface area (Å²) in [5, 5.41) is 8.24. The molecule has 0 bridgehead atoms. The smallest absolute Gasteiger partial charge is 0.0751 e. The number of hydrogen-bond donors (Lipinski definition) is 2. The monoisotopic (exact) mass is 129 g/mol. The fourth-order valence-corrected chi connectivity index (χ4v) is 0.573. The van der Waals surface area contributed by atoms with Crippen molar-refractivity contribution in [2.24, 2.45) is 11.7 Å². The molecule has 0 aliphatic rings. The zero-order valence-corrected chi connectivity index (χ0v) is 5.88. The van der Waals surface area contributed by atoms with Crippen LogP contribution in [0.2, 0.25) is 0 Å². The van der Waals surface area contributed by atoms with Crippen molar-refractivity contribution in [2.75, 3.05) is 6.54 Å². The number of rotatable bonds is 4. The molecule has 0 saturated heterocycles. The Bertz CT molecular complexity index is 81.0. The first-order chi connectivity index (χ1) is 4.31. The van der Waals surface area contributed by atoms with E-state index in [1.54, 1.807) is 6.08 Å². The molecule has 0 aliphatic carbocycles. The Morgan fingerprint density at radius 2 is 2.33 bits per heavy atom. The fraction of sp³-hybridized carbons (Fsp3) is 0.714. The van der Waals surface area contributed by atoms with Crippen LogP contribution in [0, 0.1) is 5.92 Å². The minimum absolute atomic E-state index is 0.571. The third-order valence-corrected chi connectivity index (χ3v) is 1.33. The normalized spacial score (nSPS) is 14.4. The maximum absolute atomic E-state index is 8.24.